The van der Waals surface area contributed by atoms with Crippen molar-refractivity contribution in [2.24, 2.45) is 0 Å². The SMILES string of the molecule is CCC1(CC)CN(CC2CSCCS2)CCN1. The van der Waals surface area contributed by atoms with Crippen LogP contribution in [0, 0.1) is 0 Å². The van der Waals surface area contributed by atoms with Crippen molar-refractivity contribution in [3.05, 3.63) is 0 Å². The van der Waals surface area contributed by atoms with Crippen molar-refractivity contribution in [3.63, 3.8) is 0 Å². The first kappa shape index (κ1) is 14.0. The van der Waals surface area contributed by atoms with Crippen LogP contribution in [0.25, 0.3) is 0 Å². The number of rotatable bonds is 4. The third-order valence-corrected chi connectivity index (χ3v) is 6.98. The zero-order chi connectivity index (χ0) is 12.1. The van der Waals surface area contributed by atoms with E-state index in [1.807, 2.05) is 0 Å². The summed E-state index contributed by atoms with van der Waals surface area (Å²) in [6.45, 7) is 9.62. The van der Waals surface area contributed by atoms with E-state index >= 15 is 0 Å². The molecule has 0 aromatic carbocycles. The molecule has 2 rings (SSSR count). The van der Waals surface area contributed by atoms with Gasteiger partial charge in [0, 0.05) is 54.2 Å². The van der Waals surface area contributed by atoms with Gasteiger partial charge in [0.2, 0.25) is 0 Å². The predicted octanol–water partition coefficient (Wildman–Crippen LogP) is 2.30. The number of piperazine rings is 1. The van der Waals surface area contributed by atoms with E-state index in [0.717, 1.165) is 5.25 Å². The third-order valence-electron chi connectivity index (χ3n) is 4.15. The zero-order valence-electron chi connectivity index (χ0n) is 11.2. The number of thioether (sulfide) groups is 2. The van der Waals surface area contributed by atoms with Gasteiger partial charge in [-0.1, -0.05) is 13.8 Å². The second-order valence-corrected chi connectivity index (χ2v) is 7.78. The summed E-state index contributed by atoms with van der Waals surface area (Å²) in [5.41, 5.74) is 0.394. The molecule has 1 N–H and O–H groups in total. The Morgan fingerprint density at radius 3 is 2.76 bits per heavy atom. The van der Waals surface area contributed by atoms with Gasteiger partial charge in [0.15, 0.2) is 0 Å². The smallest absolute Gasteiger partial charge is 0.0304 e. The summed E-state index contributed by atoms with van der Waals surface area (Å²) in [7, 11) is 0. The van der Waals surface area contributed by atoms with Gasteiger partial charge in [-0.2, -0.15) is 23.5 Å². The molecule has 100 valence electrons. The van der Waals surface area contributed by atoms with Gasteiger partial charge in [-0.05, 0) is 12.8 Å². The molecule has 2 nitrogen and oxygen atoms in total. The van der Waals surface area contributed by atoms with Crippen LogP contribution < -0.4 is 5.32 Å². The summed E-state index contributed by atoms with van der Waals surface area (Å²) >= 11 is 4.33. The summed E-state index contributed by atoms with van der Waals surface area (Å²) in [5, 5.41) is 4.62. The van der Waals surface area contributed by atoms with Crippen LogP contribution in [-0.2, 0) is 0 Å². The van der Waals surface area contributed by atoms with Crippen molar-refractivity contribution in [1.29, 1.82) is 0 Å². The predicted molar refractivity (Wildman–Crippen MR) is 81.3 cm³/mol. The molecular formula is C13H26N2S2. The highest BCUT2D eigenvalue weighted by Gasteiger charge is 2.32. The topological polar surface area (TPSA) is 15.3 Å². The molecule has 1 unspecified atom stereocenters. The van der Waals surface area contributed by atoms with E-state index in [4.69, 9.17) is 0 Å². The molecule has 1 atom stereocenters. The van der Waals surface area contributed by atoms with Crippen LogP contribution in [0.1, 0.15) is 26.7 Å². The molecular weight excluding hydrogens is 248 g/mol. The van der Waals surface area contributed by atoms with Crippen molar-refractivity contribution in [3.8, 4) is 0 Å². The van der Waals surface area contributed by atoms with Gasteiger partial charge in [0.05, 0.1) is 0 Å². The van der Waals surface area contributed by atoms with E-state index in [-0.39, 0.29) is 0 Å². The van der Waals surface area contributed by atoms with Crippen LogP contribution in [0.2, 0.25) is 0 Å². The minimum Gasteiger partial charge on any atom is -0.309 e. The highest BCUT2D eigenvalue weighted by atomic mass is 32.2. The van der Waals surface area contributed by atoms with Crippen molar-refractivity contribution >= 4 is 23.5 Å². The van der Waals surface area contributed by atoms with Gasteiger partial charge in [-0.3, -0.25) is 4.90 Å². The lowest BCUT2D eigenvalue weighted by atomic mass is 9.90. The minimum absolute atomic E-state index is 0.394. The van der Waals surface area contributed by atoms with Crippen molar-refractivity contribution in [2.75, 3.05) is 43.4 Å². The Kier molecular flexibility index (Phi) is 5.52. The Labute approximate surface area is 115 Å². The van der Waals surface area contributed by atoms with Crippen LogP contribution in [0.3, 0.4) is 0 Å². The lowest BCUT2D eigenvalue weighted by Gasteiger charge is -2.44. The fourth-order valence-electron chi connectivity index (χ4n) is 2.85. The van der Waals surface area contributed by atoms with Crippen molar-refractivity contribution in [1.82, 2.24) is 10.2 Å². The molecule has 0 aliphatic carbocycles. The van der Waals surface area contributed by atoms with Crippen LogP contribution in [0.5, 0.6) is 0 Å². The lowest BCUT2D eigenvalue weighted by Crippen LogP contribution is -2.60. The number of hydrogen-bond acceptors (Lipinski definition) is 4. The summed E-state index contributed by atoms with van der Waals surface area (Å²) in [6, 6.07) is 0. The molecule has 0 aromatic heterocycles. The summed E-state index contributed by atoms with van der Waals surface area (Å²) < 4.78 is 0. The fourth-order valence-corrected chi connectivity index (χ4v) is 5.57. The highest BCUT2D eigenvalue weighted by Crippen LogP contribution is 2.26. The molecule has 0 radical (unpaired) electrons. The second kappa shape index (κ2) is 6.69. The molecule has 0 bridgehead atoms. The Morgan fingerprint density at radius 2 is 2.12 bits per heavy atom. The average molecular weight is 274 g/mol. The molecule has 2 fully saturated rings. The first-order chi connectivity index (χ1) is 8.28. The maximum Gasteiger partial charge on any atom is 0.0304 e. The van der Waals surface area contributed by atoms with Crippen molar-refractivity contribution < 1.29 is 0 Å². The molecule has 2 aliphatic heterocycles. The second-order valence-electron chi connectivity index (χ2n) is 5.22. The van der Waals surface area contributed by atoms with Gasteiger partial charge in [-0.15, -0.1) is 0 Å². The third kappa shape index (κ3) is 3.79. The molecule has 2 heterocycles. The monoisotopic (exact) mass is 274 g/mol. The van der Waals surface area contributed by atoms with Gasteiger partial charge in [-0.25, -0.2) is 0 Å². The minimum atomic E-state index is 0.394. The molecule has 0 amide bonds. The Morgan fingerprint density at radius 1 is 1.29 bits per heavy atom. The van der Waals surface area contributed by atoms with Gasteiger partial charge in [0.1, 0.15) is 0 Å². The van der Waals surface area contributed by atoms with Gasteiger partial charge >= 0.3 is 0 Å². The van der Waals surface area contributed by atoms with E-state index in [2.05, 4.69) is 47.6 Å². The van der Waals surface area contributed by atoms with Crippen LogP contribution in [-0.4, -0.2) is 59.1 Å². The normalized spacial score (nSPS) is 30.4. The first-order valence-electron chi connectivity index (χ1n) is 6.95. The molecule has 0 spiro atoms. The molecule has 2 aliphatic rings. The summed E-state index contributed by atoms with van der Waals surface area (Å²) in [4.78, 5) is 2.70. The zero-order valence-corrected chi connectivity index (χ0v) is 12.8. The van der Waals surface area contributed by atoms with E-state index in [9.17, 15) is 0 Å². The summed E-state index contributed by atoms with van der Waals surface area (Å²) in [5.74, 6) is 4.07. The van der Waals surface area contributed by atoms with Crippen molar-refractivity contribution in [2.45, 2.75) is 37.5 Å². The van der Waals surface area contributed by atoms with Gasteiger partial charge < -0.3 is 5.32 Å². The highest BCUT2D eigenvalue weighted by molar-refractivity contribution is 8.06. The molecule has 17 heavy (non-hydrogen) atoms. The van der Waals surface area contributed by atoms with Crippen LogP contribution >= 0.6 is 23.5 Å². The Balaban J connectivity index is 1.84. The number of nitrogens with zero attached hydrogens (tertiary/aromatic N) is 1. The molecule has 2 saturated heterocycles. The van der Waals surface area contributed by atoms with E-state index in [0.29, 0.717) is 5.54 Å². The Bertz CT molecular complexity index is 225. The molecule has 0 saturated carbocycles. The number of nitrogens with one attached hydrogen (secondary N) is 1. The molecule has 0 aromatic rings. The maximum absolute atomic E-state index is 3.75. The fraction of sp³-hybridized carbons (Fsp3) is 1.00. The van der Waals surface area contributed by atoms with Crippen LogP contribution in [0.4, 0.5) is 0 Å². The lowest BCUT2D eigenvalue weighted by molar-refractivity contribution is 0.125. The quantitative estimate of drug-likeness (QED) is 0.846. The Hall–Kier alpha value is 0.620. The number of hydrogen-bond donors (Lipinski definition) is 1. The van der Waals surface area contributed by atoms with E-state index in [1.54, 1.807) is 0 Å². The molecule has 4 heteroatoms. The standard InChI is InChI=1S/C13H26N2S2/c1-3-13(4-2)11-15(6-5-14-13)9-12-10-16-7-8-17-12/h12,14H,3-11H2,1-2H3. The van der Waals surface area contributed by atoms with Crippen LogP contribution in [0.15, 0.2) is 0 Å². The van der Waals surface area contributed by atoms with E-state index in [1.165, 1.54) is 56.3 Å². The largest absolute Gasteiger partial charge is 0.309 e. The average Bonchev–Trinajstić information content (AvgIpc) is 2.40. The van der Waals surface area contributed by atoms with E-state index < -0.39 is 0 Å². The first-order valence-corrected chi connectivity index (χ1v) is 9.15. The maximum atomic E-state index is 3.75. The summed E-state index contributed by atoms with van der Waals surface area (Å²) in [6.07, 6.45) is 2.51. The van der Waals surface area contributed by atoms with Gasteiger partial charge in [0.25, 0.3) is 0 Å².